The molecule has 1 fully saturated rings. The van der Waals surface area contributed by atoms with Crippen molar-refractivity contribution in [2.24, 2.45) is 0 Å². The van der Waals surface area contributed by atoms with Crippen LogP contribution in [0.15, 0.2) is 24.3 Å². The molecule has 1 aliphatic rings. The van der Waals surface area contributed by atoms with E-state index in [2.05, 4.69) is 17.4 Å². The first-order valence-electron chi connectivity index (χ1n) is 6.40. The monoisotopic (exact) mass is 297 g/mol. The van der Waals surface area contributed by atoms with Gasteiger partial charge in [-0.15, -0.1) is 11.3 Å². The summed E-state index contributed by atoms with van der Waals surface area (Å²) < 4.78 is 12.2. The van der Waals surface area contributed by atoms with Gasteiger partial charge in [-0.2, -0.15) is 0 Å². The van der Waals surface area contributed by atoms with Crippen molar-refractivity contribution in [3.8, 4) is 0 Å². The zero-order chi connectivity index (χ0) is 13.1. The van der Waals surface area contributed by atoms with Crippen molar-refractivity contribution in [2.45, 2.75) is 12.6 Å². The van der Waals surface area contributed by atoms with Crippen molar-refractivity contribution in [1.82, 2.24) is 5.32 Å². The van der Waals surface area contributed by atoms with E-state index in [1.807, 2.05) is 12.1 Å². The summed E-state index contributed by atoms with van der Waals surface area (Å²) in [5.74, 6) is 0. The van der Waals surface area contributed by atoms with Crippen LogP contribution in [0.2, 0.25) is 5.02 Å². The highest BCUT2D eigenvalue weighted by molar-refractivity contribution is 7.19. The first-order valence-corrected chi connectivity index (χ1v) is 7.60. The summed E-state index contributed by atoms with van der Waals surface area (Å²) in [4.78, 5) is 1.18. The molecule has 1 aromatic carbocycles. The molecule has 1 aromatic heterocycles. The summed E-state index contributed by atoms with van der Waals surface area (Å²) in [5.41, 5.74) is 0. The quantitative estimate of drug-likeness (QED) is 0.941. The third-order valence-electron chi connectivity index (χ3n) is 3.14. The molecule has 0 saturated carbocycles. The lowest BCUT2D eigenvalue weighted by molar-refractivity contribution is -0.0864. The highest BCUT2D eigenvalue weighted by Gasteiger charge is 2.14. The van der Waals surface area contributed by atoms with Crippen LogP contribution in [0.3, 0.4) is 0 Å². The molecular formula is C14H16ClNO2S. The van der Waals surface area contributed by atoms with E-state index < -0.39 is 0 Å². The van der Waals surface area contributed by atoms with Gasteiger partial charge in [-0.1, -0.05) is 29.8 Å². The number of thiophene rings is 1. The number of benzene rings is 1. The first-order chi connectivity index (χ1) is 9.34. The van der Waals surface area contributed by atoms with Gasteiger partial charge < -0.3 is 14.8 Å². The molecule has 0 aliphatic carbocycles. The van der Waals surface area contributed by atoms with Crippen molar-refractivity contribution < 1.29 is 9.47 Å². The summed E-state index contributed by atoms with van der Waals surface area (Å²) >= 11 is 8.14. The van der Waals surface area contributed by atoms with Gasteiger partial charge in [0.05, 0.1) is 30.9 Å². The fourth-order valence-electron chi connectivity index (χ4n) is 2.18. The zero-order valence-electron chi connectivity index (χ0n) is 10.5. The molecule has 0 bridgehead atoms. The molecule has 102 valence electrons. The average Bonchev–Trinajstić information content (AvgIpc) is 2.78. The summed E-state index contributed by atoms with van der Waals surface area (Å²) in [6.45, 7) is 3.64. The Morgan fingerprint density at radius 2 is 2.21 bits per heavy atom. The molecular weight excluding hydrogens is 282 g/mol. The van der Waals surface area contributed by atoms with Crippen LogP contribution in [-0.2, 0) is 16.0 Å². The molecule has 1 unspecified atom stereocenters. The fourth-order valence-corrected chi connectivity index (χ4v) is 3.65. The molecule has 2 heterocycles. The predicted octanol–water partition coefficient (Wildman–Crippen LogP) is 3.06. The normalized spacial score (nSPS) is 19.9. The van der Waals surface area contributed by atoms with Gasteiger partial charge >= 0.3 is 0 Å². The summed E-state index contributed by atoms with van der Waals surface area (Å²) in [6.07, 6.45) is 0.155. The third-order valence-corrected chi connectivity index (χ3v) is 4.86. The molecule has 2 aromatic rings. The Balaban J connectivity index is 1.60. The predicted molar refractivity (Wildman–Crippen MR) is 79.1 cm³/mol. The average molecular weight is 298 g/mol. The van der Waals surface area contributed by atoms with E-state index in [0.29, 0.717) is 19.8 Å². The molecule has 3 rings (SSSR count). The maximum absolute atomic E-state index is 6.39. The Bertz CT molecular complexity index is 551. The number of nitrogens with one attached hydrogen (secondary N) is 1. The SMILES string of the molecule is Clc1c(CNCC2COCCO2)sc2ccccc12. The topological polar surface area (TPSA) is 30.5 Å². The lowest BCUT2D eigenvalue weighted by atomic mass is 10.2. The molecule has 0 radical (unpaired) electrons. The molecule has 1 saturated heterocycles. The van der Waals surface area contributed by atoms with Crippen LogP contribution >= 0.6 is 22.9 Å². The summed E-state index contributed by atoms with van der Waals surface area (Å²) in [6, 6.07) is 8.23. The minimum atomic E-state index is 0.155. The van der Waals surface area contributed by atoms with Crippen LogP contribution in [-0.4, -0.2) is 32.5 Å². The second kappa shape index (κ2) is 6.20. The standard InChI is InChI=1S/C14H16ClNO2S/c15-14-11-3-1-2-4-12(11)19-13(14)8-16-7-10-9-17-5-6-18-10/h1-4,10,16H,5-9H2. The van der Waals surface area contributed by atoms with Gasteiger partial charge in [-0.05, 0) is 6.07 Å². The molecule has 19 heavy (non-hydrogen) atoms. The van der Waals surface area contributed by atoms with Gasteiger partial charge in [0.25, 0.3) is 0 Å². The van der Waals surface area contributed by atoms with Crippen LogP contribution in [0.1, 0.15) is 4.88 Å². The molecule has 1 atom stereocenters. The molecule has 1 aliphatic heterocycles. The fraction of sp³-hybridized carbons (Fsp3) is 0.429. The highest BCUT2D eigenvalue weighted by Crippen LogP contribution is 2.34. The van der Waals surface area contributed by atoms with Gasteiger partial charge in [0, 0.05) is 28.1 Å². The van der Waals surface area contributed by atoms with Crippen LogP contribution in [0.4, 0.5) is 0 Å². The molecule has 0 spiro atoms. The van der Waals surface area contributed by atoms with Crippen molar-refractivity contribution in [3.63, 3.8) is 0 Å². The van der Waals surface area contributed by atoms with E-state index in [-0.39, 0.29) is 6.10 Å². The number of rotatable bonds is 4. The minimum Gasteiger partial charge on any atom is -0.376 e. The molecule has 0 amide bonds. The van der Waals surface area contributed by atoms with Crippen LogP contribution in [0.5, 0.6) is 0 Å². The number of ether oxygens (including phenoxy) is 2. The van der Waals surface area contributed by atoms with E-state index in [0.717, 1.165) is 23.5 Å². The van der Waals surface area contributed by atoms with Gasteiger partial charge in [-0.25, -0.2) is 0 Å². The lowest BCUT2D eigenvalue weighted by Crippen LogP contribution is -2.37. The van der Waals surface area contributed by atoms with E-state index in [1.54, 1.807) is 11.3 Å². The lowest BCUT2D eigenvalue weighted by Gasteiger charge is -2.23. The van der Waals surface area contributed by atoms with E-state index >= 15 is 0 Å². The minimum absolute atomic E-state index is 0.155. The maximum Gasteiger partial charge on any atom is 0.0933 e. The van der Waals surface area contributed by atoms with Gasteiger partial charge in [0.2, 0.25) is 0 Å². The van der Waals surface area contributed by atoms with Gasteiger partial charge in [0.15, 0.2) is 0 Å². The Hall–Kier alpha value is -0.650. The largest absolute Gasteiger partial charge is 0.376 e. The van der Waals surface area contributed by atoms with Crippen molar-refractivity contribution >= 4 is 33.0 Å². The van der Waals surface area contributed by atoms with E-state index in [1.165, 1.54) is 9.58 Å². The highest BCUT2D eigenvalue weighted by atomic mass is 35.5. The number of fused-ring (bicyclic) bond motifs is 1. The molecule has 1 N–H and O–H groups in total. The van der Waals surface area contributed by atoms with E-state index in [4.69, 9.17) is 21.1 Å². The Morgan fingerprint density at radius 3 is 3.00 bits per heavy atom. The number of halogens is 1. The second-order valence-electron chi connectivity index (χ2n) is 4.53. The Morgan fingerprint density at radius 1 is 1.32 bits per heavy atom. The summed E-state index contributed by atoms with van der Waals surface area (Å²) in [5, 5.41) is 5.41. The van der Waals surface area contributed by atoms with E-state index in [9.17, 15) is 0 Å². The van der Waals surface area contributed by atoms with Crippen molar-refractivity contribution in [1.29, 1.82) is 0 Å². The Kier molecular flexibility index (Phi) is 4.35. The zero-order valence-corrected chi connectivity index (χ0v) is 12.1. The van der Waals surface area contributed by atoms with Crippen molar-refractivity contribution in [3.05, 3.63) is 34.2 Å². The molecule has 3 nitrogen and oxygen atoms in total. The first kappa shape index (κ1) is 13.3. The smallest absolute Gasteiger partial charge is 0.0933 e. The number of hydrogen-bond acceptors (Lipinski definition) is 4. The Labute approximate surface area is 121 Å². The van der Waals surface area contributed by atoms with Gasteiger partial charge in [0.1, 0.15) is 0 Å². The number of hydrogen-bond donors (Lipinski definition) is 1. The maximum atomic E-state index is 6.39. The van der Waals surface area contributed by atoms with Gasteiger partial charge in [-0.3, -0.25) is 0 Å². The summed E-state index contributed by atoms with van der Waals surface area (Å²) in [7, 11) is 0. The van der Waals surface area contributed by atoms with Crippen LogP contribution in [0.25, 0.3) is 10.1 Å². The van der Waals surface area contributed by atoms with Crippen LogP contribution in [0, 0.1) is 0 Å². The van der Waals surface area contributed by atoms with Crippen molar-refractivity contribution in [2.75, 3.05) is 26.4 Å². The second-order valence-corrected chi connectivity index (χ2v) is 6.05. The molecule has 5 heteroatoms. The van der Waals surface area contributed by atoms with Crippen LogP contribution < -0.4 is 5.32 Å². The third kappa shape index (κ3) is 3.09.